The van der Waals surface area contributed by atoms with Crippen LogP contribution >= 0.6 is 0 Å². The van der Waals surface area contributed by atoms with Crippen molar-refractivity contribution in [1.82, 2.24) is 19.9 Å². The molecule has 1 saturated heterocycles. The lowest BCUT2D eigenvalue weighted by atomic mass is 10.1. The molecule has 138 valence electrons. The fourth-order valence-corrected chi connectivity index (χ4v) is 4.11. The lowest BCUT2D eigenvalue weighted by Crippen LogP contribution is -2.36. The molecule has 2 aliphatic heterocycles. The minimum Gasteiger partial charge on any atom is -0.342 e. The summed E-state index contributed by atoms with van der Waals surface area (Å²) in [5.41, 5.74) is 3.84. The molecule has 1 aromatic carbocycles. The Morgan fingerprint density at radius 3 is 2.74 bits per heavy atom. The second-order valence-electron chi connectivity index (χ2n) is 7.46. The van der Waals surface area contributed by atoms with Gasteiger partial charge in [0.05, 0.1) is 22.5 Å². The summed E-state index contributed by atoms with van der Waals surface area (Å²) >= 11 is 0. The minimum absolute atomic E-state index is 0.0121. The van der Waals surface area contributed by atoms with E-state index in [1.807, 2.05) is 18.2 Å². The zero-order valence-corrected chi connectivity index (χ0v) is 15.3. The van der Waals surface area contributed by atoms with Gasteiger partial charge in [0.15, 0.2) is 0 Å². The Morgan fingerprint density at radius 1 is 1.00 bits per heavy atom. The number of rotatable bonds is 3. The summed E-state index contributed by atoms with van der Waals surface area (Å²) in [5, 5.41) is 1.15. The molecule has 0 spiro atoms. The predicted octanol–water partition coefficient (Wildman–Crippen LogP) is 2.48. The molecule has 3 aromatic rings. The SMILES string of the molecule is O=c1[nH]c(N2CCCC2)nc2c1CN(Cc1ccc3ccccc3n1)CC2. The van der Waals surface area contributed by atoms with Crippen molar-refractivity contribution in [3.8, 4) is 0 Å². The van der Waals surface area contributed by atoms with Gasteiger partial charge in [0, 0.05) is 44.5 Å². The summed E-state index contributed by atoms with van der Waals surface area (Å²) in [6.45, 7) is 4.25. The van der Waals surface area contributed by atoms with Crippen LogP contribution in [0.5, 0.6) is 0 Å². The van der Waals surface area contributed by atoms with E-state index in [0.29, 0.717) is 6.54 Å². The van der Waals surface area contributed by atoms with E-state index in [4.69, 9.17) is 9.97 Å². The third kappa shape index (κ3) is 3.21. The molecule has 4 heterocycles. The van der Waals surface area contributed by atoms with Gasteiger partial charge in [-0.3, -0.25) is 19.7 Å². The fourth-order valence-electron chi connectivity index (χ4n) is 4.11. The Bertz CT molecular complexity index is 1040. The molecule has 0 bridgehead atoms. The smallest absolute Gasteiger partial charge is 0.257 e. The summed E-state index contributed by atoms with van der Waals surface area (Å²) in [7, 11) is 0. The van der Waals surface area contributed by atoms with E-state index in [0.717, 1.165) is 66.4 Å². The van der Waals surface area contributed by atoms with E-state index in [2.05, 4.69) is 33.0 Å². The number of aromatic amines is 1. The summed E-state index contributed by atoms with van der Waals surface area (Å²) in [4.78, 5) is 29.7. The lowest BCUT2D eigenvalue weighted by molar-refractivity contribution is 0.239. The highest BCUT2D eigenvalue weighted by Crippen LogP contribution is 2.21. The highest BCUT2D eigenvalue weighted by Gasteiger charge is 2.23. The molecule has 2 aliphatic rings. The van der Waals surface area contributed by atoms with E-state index in [-0.39, 0.29) is 5.56 Å². The predicted molar refractivity (Wildman–Crippen MR) is 106 cm³/mol. The van der Waals surface area contributed by atoms with Gasteiger partial charge < -0.3 is 4.90 Å². The first-order valence-corrected chi connectivity index (χ1v) is 9.70. The summed E-state index contributed by atoms with van der Waals surface area (Å²) in [5.74, 6) is 0.751. The van der Waals surface area contributed by atoms with Gasteiger partial charge in [-0.15, -0.1) is 0 Å². The van der Waals surface area contributed by atoms with Crippen molar-refractivity contribution in [1.29, 1.82) is 0 Å². The third-order valence-electron chi connectivity index (χ3n) is 5.58. The number of nitrogens with zero attached hydrogens (tertiary/aromatic N) is 4. The average molecular weight is 361 g/mol. The van der Waals surface area contributed by atoms with Crippen LogP contribution < -0.4 is 10.5 Å². The number of nitrogens with one attached hydrogen (secondary N) is 1. The normalized spacial score (nSPS) is 17.4. The van der Waals surface area contributed by atoms with Gasteiger partial charge in [0.1, 0.15) is 0 Å². The number of hydrogen-bond donors (Lipinski definition) is 1. The van der Waals surface area contributed by atoms with Crippen molar-refractivity contribution in [3.63, 3.8) is 0 Å². The maximum atomic E-state index is 12.6. The molecule has 6 nitrogen and oxygen atoms in total. The van der Waals surface area contributed by atoms with Crippen molar-refractivity contribution in [2.75, 3.05) is 24.5 Å². The topological polar surface area (TPSA) is 65.1 Å². The van der Waals surface area contributed by atoms with Gasteiger partial charge in [-0.05, 0) is 25.0 Å². The average Bonchev–Trinajstić information content (AvgIpc) is 3.23. The van der Waals surface area contributed by atoms with Crippen LogP contribution in [0.15, 0.2) is 41.2 Å². The first-order valence-electron chi connectivity index (χ1n) is 9.70. The molecular weight excluding hydrogens is 338 g/mol. The highest BCUT2D eigenvalue weighted by molar-refractivity contribution is 5.78. The standard InChI is InChI=1S/C21H23N5O/c27-20-17-14-25(13-16-8-7-15-5-1-2-6-18(15)22-16)12-9-19(17)23-21(24-20)26-10-3-4-11-26/h1-2,5-8H,3-4,9-14H2,(H,23,24,27). The molecule has 0 saturated carbocycles. The molecule has 0 atom stereocenters. The van der Waals surface area contributed by atoms with Crippen LogP contribution in [0.25, 0.3) is 10.9 Å². The number of H-pyrrole nitrogens is 1. The zero-order valence-electron chi connectivity index (χ0n) is 15.3. The minimum atomic E-state index is 0.0121. The molecule has 0 radical (unpaired) electrons. The van der Waals surface area contributed by atoms with Gasteiger partial charge in [0.25, 0.3) is 5.56 Å². The first-order chi connectivity index (χ1) is 13.3. The van der Waals surface area contributed by atoms with Gasteiger partial charge >= 0.3 is 0 Å². The number of aromatic nitrogens is 3. The monoisotopic (exact) mass is 361 g/mol. The van der Waals surface area contributed by atoms with Gasteiger partial charge in [-0.25, -0.2) is 4.98 Å². The quantitative estimate of drug-likeness (QED) is 0.776. The third-order valence-corrected chi connectivity index (χ3v) is 5.58. The lowest BCUT2D eigenvalue weighted by Gasteiger charge is -2.28. The van der Waals surface area contributed by atoms with Crippen LogP contribution in [-0.4, -0.2) is 39.5 Å². The molecule has 0 amide bonds. The van der Waals surface area contributed by atoms with Crippen molar-refractivity contribution in [2.24, 2.45) is 0 Å². The van der Waals surface area contributed by atoms with E-state index >= 15 is 0 Å². The molecule has 1 fully saturated rings. The van der Waals surface area contributed by atoms with Crippen molar-refractivity contribution < 1.29 is 0 Å². The van der Waals surface area contributed by atoms with Crippen LogP contribution in [0.3, 0.4) is 0 Å². The summed E-state index contributed by atoms with van der Waals surface area (Å²) in [6, 6.07) is 12.4. The van der Waals surface area contributed by atoms with E-state index < -0.39 is 0 Å². The molecule has 5 rings (SSSR count). The maximum absolute atomic E-state index is 12.6. The second-order valence-corrected chi connectivity index (χ2v) is 7.46. The molecular formula is C21H23N5O. The van der Waals surface area contributed by atoms with E-state index in [1.54, 1.807) is 0 Å². The fraction of sp³-hybridized carbons (Fsp3) is 0.381. The Kier molecular flexibility index (Phi) is 4.13. The van der Waals surface area contributed by atoms with Crippen LogP contribution in [0, 0.1) is 0 Å². The number of anilines is 1. The van der Waals surface area contributed by atoms with Crippen LogP contribution in [0.2, 0.25) is 0 Å². The zero-order chi connectivity index (χ0) is 18.2. The Morgan fingerprint density at radius 2 is 1.85 bits per heavy atom. The maximum Gasteiger partial charge on any atom is 0.257 e. The largest absolute Gasteiger partial charge is 0.342 e. The number of para-hydroxylation sites is 1. The Balaban J connectivity index is 1.36. The Hall–Kier alpha value is -2.73. The molecule has 6 heteroatoms. The van der Waals surface area contributed by atoms with Crippen LogP contribution in [0.1, 0.15) is 29.8 Å². The number of fused-ring (bicyclic) bond motifs is 2. The molecule has 0 unspecified atom stereocenters. The van der Waals surface area contributed by atoms with Gasteiger partial charge in [-0.1, -0.05) is 24.3 Å². The summed E-state index contributed by atoms with van der Waals surface area (Å²) in [6.07, 6.45) is 3.16. The molecule has 1 N–H and O–H groups in total. The molecule has 0 aliphatic carbocycles. The number of hydrogen-bond acceptors (Lipinski definition) is 5. The first kappa shape index (κ1) is 16.4. The summed E-state index contributed by atoms with van der Waals surface area (Å²) < 4.78 is 0. The van der Waals surface area contributed by atoms with Gasteiger partial charge in [0.2, 0.25) is 5.95 Å². The number of pyridine rings is 1. The van der Waals surface area contributed by atoms with E-state index in [9.17, 15) is 4.79 Å². The van der Waals surface area contributed by atoms with Crippen LogP contribution in [0.4, 0.5) is 5.95 Å². The van der Waals surface area contributed by atoms with Crippen LogP contribution in [-0.2, 0) is 19.5 Å². The Labute approximate surface area is 157 Å². The second kappa shape index (κ2) is 6.78. The molecule has 2 aromatic heterocycles. The molecule has 27 heavy (non-hydrogen) atoms. The van der Waals surface area contributed by atoms with Gasteiger partial charge in [-0.2, -0.15) is 0 Å². The van der Waals surface area contributed by atoms with Crippen molar-refractivity contribution in [2.45, 2.75) is 32.4 Å². The van der Waals surface area contributed by atoms with E-state index in [1.165, 1.54) is 12.8 Å². The van der Waals surface area contributed by atoms with Crippen molar-refractivity contribution in [3.05, 3.63) is 63.7 Å². The number of benzene rings is 1. The van der Waals surface area contributed by atoms with Crippen molar-refractivity contribution >= 4 is 16.9 Å². The highest BCUT2D eigenvalue weighted by atomic mass is 16.1.